The quantitative estimate of drug-likeness (QED) is 0.334. The molecule has 38 heavy (non-hydrogen) atoms. The Morgan fingerprint density at radius 3 is 2.74 bits per heavy atom. The standard InChI is InChI=1S/C30H26N4O4/c1-36-17-28-31-23-7-3-4-8-24(23)34(28)16-18-10-13-20-22(14-18)26(15-27-32-30(35)38-33-27)37-25-9-5-2-6-21(25)29(20)19-11-12-19/h2-10,13-15,19,29H,11-12,16-17H2,1H3,(H,32,33,35)/b26-15+. The smallest absolute Gasteiger partial charge is 0.439 e. The second-order valence-corrected chi connectivity index (χ2v) is 9.90. The molecule has 1 aliphatic carbocycles. The molecular formula is C30H26N4O4. The van der Waals surface area contributed by atoms with Crippen LogP contribution in [-0.2, 0) is 17.9 Å². The van der Waals surface area contributed by atoms with Gasteiger partial charge in [0.05, 0.1) is 11.0 Å². The summed E-state index contributed by atoms with van der Waals surface area (Å²) in [4.78, 5) is 19.1. The van der Waals surface area contributed by atoms with Crippen LogP contribution in [0.5, 0.6) is 5.75 Å². The molecule has 0 saturated heterocycles. The van der Waals surface area contributed by atoms with E-state index >= 15 is 0 Å². The summed E-state index contributed by atoms with van der Waals surface area (Å²) in [5, 5.41) is 3.86. The maximum Gasteiger partial charge on any atom is 0.439 e. The minimum atomic E-state index is -0.603. The van der Waals surface area contributed by atoms with Gasteiger partial charge in [-0.25, -0.2) is 9.78 Å². The Balaban J connectivity index is 1.38. The molecule has 5 aromatic rings. The molecule has 0 bridgehead atoms. The predicted molar refractivity (Wildman–Crippen MR) is 143 cm³/mol. The highest BCUT2D eigenvalue weighted by atomic mass is 16.5. The average molecular weight is 507 g/mol. The van der Waals surface area contributed by atoms with Crippen molar-refractivity contribution < 1.29 is 14.0 Å². The number of methoxy groups -OCH3 is 1. The first-order chi connectivity index (χ1) is 18.7. The summed E-state index contributed by atoms with van der Waals surface area (Å²) in [6.07, 6.45) is 4.12. The maximum atomic E-state index is 11.6. The molecule has 8 nitrogen and oxygen atoms in total. The van der Waals surface area contributed by atoms with Gasteiger partial charge in [0, 0.05) is 36.8 Å². The fraction of sp³-hybridized carbons (Fsp3) is 0.233. The van der Waals surface area contributed by atoms with Gasteiger partial charge in [-0.15, -0.1) is 0 Å². The van der Waals surface area contributed by atoms with Crippen molar-refractivity contribution in [2.24, 2.45) is 5.92 Å². The number of H-pyrrole nitrogens is 1. The number of para-hydroxylation sites is 3. The van der Waals surface area contributed by atoms with E-state index in [1.54, 1.807) is 13.2 Å². The Morgan fingerprint density at radius 2 is 1.92 bits per heavy atom. The minimum absolute atomic E-state index is 0.232. The van der Waals surface area contributed by atoms with Crippen LogP contribution in [0.2, 0.25) is 0 Å². The van der Waals surface area contributed by atoms with Crippen molar-refractivity contribution in [3.63, 3.8) is 0 Å². The number of nitrogens with one attached hydrogen (secondary N) is 1. The maximum absolute atomic E-state index is 11.6. The van der Waals surface area contributed by atoms with Crippen LogP contribution in [0.1, 0.15) is 52.7 Å². The summed E-state index contributed by atoms with van der Waals surface area (Å²) in [7, 11) is 1.68. The first-order valence-electron chi connectivity index (χ1n) is 12.8. The second-order valence-electron chi connectivity index (χ2n) is 9.90. The van der Waals surface area contributed by atoms with Crippen molar-refractivity contribution >= 4 is 22.9 Å². The molecule has 0 spiro atoms. The van der Waals surface area contributed by atoms with Crippen LogP contribution in [-0.4, -0.2) is 26.8 Å². The SMILES string of the molecule is COCc1nc2ccccc2n1Cc1ccc2c(c1)/C(=C\c1noc(=O)[nH]1)Oc1ccccc1C2C1CC1. The summed E-state index contributed by atoms with van der Waals surface area (Å²) < 4.78 is 18.9. The monoisotopic (exact) mass is 506 g/mol. The Hall–Kier alpha value is -4.43. The van der Waals surface area contributed by atoms with Crippen LogP contribution in [0.15, 0.2) is 76.0 Å². The van der Waals surface area contributed by atoms with Crippen LogP contribution in [0.4, 0.5) is 0 Å². The number of nitrogens with zero attached hydrogens (tertiary/aromatic N) is 3. The zero-order valence-electron chi connectivity index (χ0n) is 20.9. The first kappa shape index (κ1) is 22.7. The molecule has 1 unspecified atom stereocenters. The number of aromatic amines is 1. The lowest BCUT2D eigenvalue weighted by atomic mass is 9.83. The molecule has 3 aromatic carbocycles. The van der Waals surface area contributed by atoms with Gasteiger partial charge >= 0.3 is 5.76 Å². The molecule has 0 amide bonds. The number of aromatic nitrogens is 4. The fourth-order valence-corrected chi connectivity index (χ4v) is 5.55. The highest BCUT2D eigenvalue weighted by Crippen LogP contribution is 2.52. The van der Waals surface area contributed by atoms with E-state index in [0.717, 1.165) is 33.7 Å². The van der Waals surface area contributed by atoms with E-state index in [9.17, 15) is 4.79 Å². The zero-order chi connectivity index (χ0) is 25.6. The van der Waals surface area contributed by atoms with Crippen molar-refractivity contribution in [1.29, 1.82) is 0 Å². The fourth-order valence-electron chi connectivity index (χ4n) is 5.55. The number of hydrogen-bond acceptors (Lipinski definition) is 6. The summed E-state index contributed by atoms with van der Waals surface area (Å²) in [6, 6.07) is 23.0. The summed E-state index contributed by atoms with van der Waals surface area (Å²) in [5.41, 5.74) is 6.49. The molecule has 1 N–H and O–H groups in total. The normalized spacial score (nSPS) is 17.7. The third kappa shape index (κ3) is 4.03. The number of rotatable bonds is 6. The molecule has 190 valence electrons. The van der Waals surface area contributed by atoms with Crippen molar-refractivity contribution in [2.75, 3.05) is 7.11 Å². The van der Waals surface area contributed by atoms with Gasteiger partial charge in [0.15, 0.2) is 5.82 Å². The molecule has 2 aromatic heterocycles. The molecule has 1 fully saturated rings. The van der Waals surface area contributed by atoms with E-state index in [0.29, 0.717) is 30.7 Å². The van der Waals surface area contributed by atoms with E-state index in [4.69, 9.17) is 19.0 Å². The van der Waals surface area contributed by atoms with E-state index in [1.807, 2.05) is 30.3 Å². The molecule has 0 radical (unpaired) electrons. The van der Waals surface area contributed by atoms with Gasteiger partial charge in [0.2, 0.25) is 0 Å². The molecule has 2 aliphatic rings. The highest BCUT2D eigenvalue weighted by Gasteiger charge is 2.38. The van der Waals surface area contributed by atoms with Gasteiger partial charge in [-0.05, 0) is 54.2 Å². The summed E-state index contributed by atoms with van der Waals surface area (Å²) in [6.45, 7) is 1.05. The van der Waals surface area contributed by atoms with Gasteiger partial charge in [-0.3, -0.25) is 9.51 Å². The van der Waals surface area contributed by atoms with Gasteiger partial charge in [0.25, 0.3) is 0 Å². The molecular weight excluding hydrogens is 480 g/mol. The lowest BCUT2D eigenvalue weighted by Crippen LogP contribution is -2.09. The van der Waals surface area contributed by atoms with Crippen molar-refractivity contribution in [2.45, 2.75) is 31.9 Å². The van der Waals surface area contributed by atoms with Gasteiger partial charge in [-0.2, -0.15) is 0 Å². The minimum Gasteiger partial charge on any atom is -0.456 e. The number of ether oxygens (including phenoxy) is 2. The Morgan fingerprint density at radius 1 is 1.08 bits per heavy atom. The number of fused-ring (bicyclic) bond motifs is 3. The zero-order valence-corrected chi connectivity index (χ0v) is 20.9. The van der Waals surface area contributed by atoms with Crippen molar-refractivity contribution in [3.8, 4) is 5.75 Å². The van der Waals surface area contributed by atoms with Crippen LogP contribution in [0.25, 0.3) is 22.9 Å². The largest absolute Gasteiger partial charge is 0.456 e. The second kappa shape index (κ2) is 9.15. The molecule has 3 heterocycles. The van der Waals surface area contributed by atoms with Gasteiger partial charge in [0.1, 0.15) is 23.9 Å². The Bertz CT molecular complexity index is 1740. The topological polar surface area (TPSA) is 95.2 Å². The summed E-state index contributed by atoms with van der Waals surface area (Å²) in [5.74, 6) is 2.83. The van der Waals surface area contributed by atoms with Crippen LogP contribution in [0, 0.1) is 5.92 Å². The molecule has 1 saturated carbocycles. The number of imidazole rings is 1. The van der Waals surface area contributed by atoms with E-state index in [2.05, 4.69) is 51.1 Å². The van der Waals surface area contributed by atoms with Crippen molar-refractivity contribution in [1.82, 2.24) is 19.7 Å². The number of benzene rings is 3. The number of hydrogen-bond donors (Lipinski definition) is 1. The molecule has 7 rings (SSSR count). The molecule has 8 heteroatoms. The highest BCUT2D eigenvalue weighted by molar-refractivity contribution is 5.81. The average Bonchev–Trinajstić information content (AvgIpc) is 3.62. The molecule has 1 atom stereocenters. The third-order valence-electron chi connectivity index (χ3n) is 7.36. The van der Waals surface area contributed by atoms with E-state index < -0.39 is 5.76 Å². The third-order valence-corrected chi connectivity index (χ3v) is 7.36. The van der Waals surface area contributed by atoms with Gasteiger partial charge in [-0.1, -0.05) is 47.6 Å². The van der Waals surface area contributed by atoms with E-state index in [-0.39, 0.29) is 5.92 Å². The van der Waals surface area contributed by atoms with E-state index in [1.165, 1.54) is 24.0 Å². The Labute approximate surface area is 218 Å². The van der Waals surface area contributed by atoms with Gasteiger partial charge < -0.3 is 14.0 Å². The first-order valence-corrected chi connectivity index (χ1v) is 12.8. The van der Waals surface area contributed by atoms with Crippen molar-refractivity contribution in [3.05, 3.63) is 111 Å². The summed E-state index contributed by atoms with van der Waals surface area (Å²) >= 11 is 0. The molecule has 1 aliphatic heterocycles. The van der Waals surface area contributed by atoms with Crippen LogP contribution in [0.3, 0.4) is 0 Å². The lowest BCUT2D eigenvalue weighted by Gasteiger charge is -2.19. The Kier molecular flexibility index (Phi) is 5.47. The lowest BCUT2D eigenvalue weighted by molar-refractivity contribution is 0.175. The predicted octanol–water partition coefficient (Wildman–Crippen LogP) is 5.34. The van der Waals surface area contributed by atoms with Crippen LogP contribution < -0.4 is 10.5 Å². The van der Waals surface area contributed by atoms with Crippen LogP contribution >= 0.6 is 0 Å².